The molecule has 1 saturated heterocycles. The molecule has 2 heterocycles. The van der Waals surface area contributed by atoms with E-state index in [0.29, 0.717) is 0 Å². The van der Waals surface area contributed by atoms with Crippen LogP contribution in [0.2, 0.25) is 0 Å². The minimum atomic E-state index is 0.185. The van der Waals surface area contributed by atoms with E-state index in [4.69, 9.17) is 0 Å². The summed E-state index contributed by atoms with van der Waals surface area (Å²) in [5.41, 5.74) is 1.08. The Morgan fingerprint density at radius 2 is 2.31 bits per heavy atom. The Morgan fingerprint density at radius 1 is 1.38 bits per heavy atom. The first-order valence-electron chi connectivity index (χ1n) is 6.04. The molecule has 1 aliphatic rings. The monoisotopic (exact) mass is 218 g/mol. The van der Waals surface area contributed by atoms with Crippen LogP contribution in [0, 0.1) is 5.92 Å². The molecule has 0 aliphatic carbocycles. The number of carbonyl (C=O) groups is 1. The third-order valence-corrected chi connectivity index (χ3v) is 3.12. The van der Waals surface area contributed by atoms with Crippen LogP contribution in [0.4, 0.5) is 0 Å². The van der Waals surface area contributed by atoms with E-state index in [1.807, 2.05) is 24.4 Å². The molecule has 1 unspecified atom stereocenters. The summed E-state index contributed by atoms with van der Waals surface area (Å²) in [6.07, 6.45) is 6.93. The molecule has 1 amide bonds. The van der Waals surface area contributed by atoms with Crippen molar-refractivity contribution < 1.29 is 4.79 Å². The van der Waals surface area contributed by atoms with Gasteiger partial charge in [0.05, 0.1) is 0 Å². The smallest absolute Gasteiger partial charge is 0.223 e. The van der Waals surface area contributed by atoms with Gasteiger partial charge in [0, 0.05) is 24.4 Å². The highest BCUT2D eigenvalue weighted by atomic mass is 16.1. The molecule has 3 heteroatoms. The van der Waals surface area contributed by atoms with E-state index in [9.17, 15) is 4.79 Å². The van der Waals surface area contributed by atoms with Gasteiger partial charge < -0.3 is 5.32 Å². The Labute approximate surface area is 96.3 Å². The van der Waals surface area contributed by atoms with Crippen LogP contribution in [-0.2, 0) is 11.2 Å². The van der Waals surface area contributed by atoms with Gasteiger partial charge in [-0.05, 0) is 37.8 Å². The lowest BCUT2D eigenvalue weighted by Crippen LogP contribution is -2.29. The third-order valence-electron chi connectivity index (χ3n) is 3.12. The predicted molar refractivity (Wildman–Crippen MR) is 62.9 cm³/mol. The number of carbonyl (C=O) groups excluding carboxylic acids is 1. The molecular formula is C13H18N2O. The second-order valence-corrected chi connectivity index (χ2v) is 4.34. The summed E-state index contributed by atoms with van der Waals surface area (Å²) in [4.78, 5) is 16.0. The first kappa shape index (κ1) is 11.1. The number of nitrogens with zero attached hydrogens (tertiary/aromatic N) is 1. The van der Waals surface area contributed by atoms with Gasteiger partial charge in [0.2, 0.25) is 5.91 Å². The van der Waals surface area contributed by atoms with Gasteiger partial charge >= 0.3 is 0 Å². The SMILES string of the molecule is O=C1NCCCCC1CCc1ccccn1. The number of aryl methyl sites for hydroxylation is 1. The zero-order valence-corrected chi connectivity index (χ0v) is 9.48. The second-order valence-electron chi connectivity index (χ2n) is 4.34. The van der Waals surface area contributed by atoms with Crippen LogP contribution in [0.15, 0.2) is 24.4 Å². The standard InChI is InChI=1S/C13H18N2O/c16-13-11(5-1-3-10-15-13)7-8-12-6-2-4-9-14-12/h2,4,6,9,11H,1,3,5,7-8,10H2,(H,15,16). The van der Waals surface area contributed by atoms with Crippen molar-refractivity contribution in [3.63, 3.8) is 0 Å². The van der Waals surface area contributed by atoms with Crippen molar-refractivity contribution in [3.8, 4) is 0 Å². The van der Waals surface area contributed by atoms with Crippen LogP contribution in [0.1, 0.15) is 31.4 Å². The normalized spacial score (nSPS) is 21.2. The van der Waals surface area contributed by atoms with E-state index < -0.39 is 0 Å². The Balaban J connectivity index is 1.86. The molecule has 1 atom stereocenters. The van der Waals surface area contributed by atoms with E-state index in [1.165, 1.54) is 0 Å². The molecule has 2 rings (SSSR count). The van der Waals surface area contributed by atoms with Crippen molar-refractivity contribution >= 4 is 5.91 Å². The Morgan fingerprint density at radius 3 is 3.12 bits per heavy atom. The molecule has 0 radical (unpaired) electrons. The molecule has 1 aromatic rings. The molecule has 1 aliphatic heterocycles. The third kappa shape index (κ3) is 3.05. The van der Waals surface area contributed by atoms with Gasteiger partial charge in [-0.15, -0.1) is 0 Å². The van der Waals surface area contributed by atoms with Crippen molar-refractivity contribution in [3.05, 3.63) is 30.1 Å². The number of pyridine rings is 1. The average Bonchev–Trinajstić information content (AvgIpc) is 2.53. The van der Waals surface area contributed by atoms with Crippen LogP contribution in [0.3, 0.4) is 0 Å². The molecule has 86 valence electrons. The highest BCUT2D eigenvalue weighted by molar-refractivity contribution is 5.78. The predicted octanol–water partition coefficient (Wildman–Crippen LogP) is 1.93. The lowest BCUT2D eigenvalue weighted by Gasteiger charge is -2.12. The highest BCUT2D eigenvalue weighted by Gasteiger charge is 2.20. The van der Waals surface area contributed by atoms with E-state index in [0.717, 1.165) is 44.3 Å². The van der Waals surface area contributed by atoms with Gasteiger partial charge in [0.1, 0.15) is 0 Å². The van der Waals surface area contributed by atoms with Crippen molar-refractivity contribution in [1.82, 2.24) is 10.3 Å². The first-order valence-corrected chi connectivity index (χ1v) is 6.04. The fourth-order valence-electron chi connectivity index (χ4n) is 2.15. The maximum atomic E-state index is 11.7. The Kier molecular flexibility index (Phi) is 3.91. The van der Waals surface area contributed by atoms with Gasteiger partial charge in [-0.3, -0.25) is 9.78 Å². The molecule has 1 aromatic heterocycles. The second kappa shape index (κ2) is 5.64. The highest BCUT2D eigenvalue weighted by Crippen LogP contribution is 2.17. The van der Waals surface area contributed by atoms with Crippen molar-refractivity contribution in [2.24, 2.45) is 5.92 Å². The summed E-state index contributed by atoms with van der Waals surface area (Å²) in [5, 5.41) is 2.97. The number of rotatable bonds is 3. The fourth-order valence-corrected chi connectivity index (χ4v) is 2.15. The minimum absolute atomic E-state index is 0.185. The van der Waals surface area contributed by atoms with E-state index in [-0.39, 0.29) is 11.8 Å². The van der Waals surface area contributed by atoms with E-state index in [1.54, 1.807) is 0 Å². The topological polar surface area (TPSA) is 42.0 Å². The van der Waals surface area contributed by atoms with Gasteiger partial charge in [-0.1, -0.05) is 12.5 Å². The summed E-state index contributed by atoms with van der Waals surface area (Å²) in [6, 6.07) is 5.94. The first-order chi connectivity index (χ1) is 7.86. The van der Waals surface area contributed by atoms with Gasteiger partial charge in [0.15, 0.2) is 0 Å². The number of hydrogen-bond donors (Lipinski definition) is 1. The van der Waals surface area contributed by atoms with Crippen LogP contribution in [0.5, 0.6) is 0 Å². The number of hydrogen-bond acceptors (Lipinski definition) is 2. The quantitative estimate of drug-likeness (QED) is 0.842. The van der Waals surface area contributed by atoms with E-state index >= 15 is 0 Å². The minimum Gasteiger partial charge on any atom is -0.356 e. The van der Waals surface area contributed by atoms with Gasteiger partial charge in [-0.2, -0.15) is 0 Å². The fraction of sp³-hybridized carbons (Fsp3) is 0.538. The Bertz CT molecular complexity index is 337. The number of amides is 1. The molecule has 0 bridgehead atoms. The zero-order valence-electron chi connectivity index (χ0n) is 9.48. The van der Waals surface area contributed by atoms with Gasteiger partial charge in [0.25, 0.3) is 0 Å². The molecule has 1 N–H and O–H groups in total. The van der Waals surface area contributed by atoms with E-state index in [2.05, 4.69) is 10.3 Å². The van der Waals surface area contributed by atoms with Crippen molar-refractivity contribution in [2.45, 2.75) is 32.1 Å². The van der Waals surface area contributed by atoms with Crippen LogP contribution >= 0.6 is 0 Å². The van der Waals surface area contributed by atoms with Gasteiger partial charge in [-0.25, -0.2) is 0 Å². The van der Waals surface area contributed by atoms with Crippen LogP contribution in [-0.4, -0.2) is 17.4 Å². The van der Waals surface area contributed by atoms with Crippen LogP contribution < -0.4 is 5.32 Å². The number of nitrogens with one attached hydrogen (secondary N) is 1. The summed E-state index contributed by atoms with van der Waals surface area (Å²) >= 11 is 0. The van der Waals surface area contributed by atoms with Crippen molar-refractivity contribution in [2.75, 3.05) is 6.54 Å². The molecule has 3 nitrogen and oxygen atoms in total. The molecule has 16 heavy (non-hydrogen) atoms. The Hall–Kier alpha value is -1.38. The lowest BCUT2D eigenvalue weighted by atomic mass is 9.96. The van der Waals surface area contributed by atoms with Crippen molar-refractivity contribution in [1.29, 1.82) is 0 Å². The molecule has 0 aromatic carbocycles. The largest absolute Gasteiger partial charge is 0.356 e. The number of aromatic nitrogens is 1. The summed E-state index contributed by atoms with van der Waals surface area (Å²) in [7, 11) is 0. The molecule has 0 saturated carbocycles. The summed E-state index contributed by atoms with van der Waals surface area (Å²) in [6.45, 7) is 0.846. The average molecular weight is 218 g/mol. The lowest BCUT2D eigenvalue weighted by molar-refractivity contribution is -0.124. The maximum Gasteiger partial charge on any atom is 0.223 e. The summed E-state index contributed by atoms with van der Waals surface area (Å²) in [5.74, 6) is 0.415. The maximum absolute atomic E-state index is 11.7. The molecular weight excluding hydrogens is 200 g/mol. The molecule has 0 spiro atoms. The van der Waals surface area contributed by atoms with Crippen LogP contribution in [0.25, 0.3) is 0 Å². The zero-order chi connectivity index (χ0) is 11.2. The summed E-state index contributed by atoms with van der Waals surface area (Å²) < 4.78 is 0. The molecule has 1 fully saturated rings.